The van der Waals surface area contributed by atoms with Gasteiger partial charge < -0.3 is 23.7 Å². The molecular weight excluding hydrogens is 572 g/mol. The van der Waals surface area contributed by atoms with Gasteiger partial charge in [0.25, 0.3) is 5.56 Å². The van der Waals surface area contributed by atoms with Gasteiger partial charge in [0.2, 0.25) is 0 Å². The van der Waals surface area contributed by atoms with Gasteiger partial charge in [-0.2, -0.15) is 0 Å². The van der Waals surface area contributed by atoms with Gasteiger partial charge in [-0.1, -0.05) is 41.1 Å². The van der Waals surface area contributed by atoms with Crippen LogP contribution in [0.2, 0.25) is 5.02 Å². The normalized spacial score (nSPS) is 14.8. The Balaban J connectivity index is 1.79. The number of fused-ring (bicyclic) bond motifs is 1. The third kappa shape index (κ3) is 6.87. The third-order valence-electron chi connectivity index (χ3n) is 6.09. The number of rotatable bonds is 11. The molecule has 216 valence electrons. The van der Waals surface area contributed by atoms with Crippen LogP contribution in [0.5, 0.6) is 11.5 Å². The van der Waals surface area contributed by atoms with Crippen molar-refractivity contribution < 1.29 is 33.3 Å². The first-order valence-corrected chi connectivity index (χ1v) is 13.9. The maximum absolute atomic E-state index is 13.8. The van der Waals surface area contributed by atoms with Crippen molar-refractivity contribution in [2.45, 2.75) is 19.9 Å². The van der Waals surface area contributed by atoms with Gasteiger partial charge >= 0.3 is 11.9 Å². The molecule has 0 saturated heterocycles. The zero-order valence-electron chi connectivity index (χ0n) is 23.0. The Hall–Kier alpha value is -3.93. The molecule has 1 unspecified atom stereocenters. The molecule has 0 saturated carbocycles. The van der Waals surface area contributed by atoms with Gasteiger partial charge in [0.1, 0.15) is 6.61 Å². The fourth-order valence-corrected chi connectivity index (χ4v) is 5.36. The smallest absolute Gasteiger partial charge is 0.343 e. The number of carbonyl (C=O) groups excluding carboxylic acids is 2. The van der Waals surface area contributed by atoms with E-state index in [9.17, 15) is 14.4 Å². The number of hydrogen-bond acceptors (Lipinski definition) is 10. The van der Waals surface area contributed by atoms with Gasteiger partial charge in [0.05, 0.1) is 42.2 Å². The molecule has 1 aromatic heterocycles. The van der Waals surface area contributed by atoms with E-state index in [0.717, 1.165) is 0 Å². The highest BCUT2D eigenvalue weighted by molar-refractivity contribution is 7.07. The Kier molecular flexibility index (Phi) is 9.98. The average molecular weight is 601 g/mol. The minimum absolute atomic E-state index is 0.0609. The maximum Gasteiger partial charge on any atom is 0.343 e. The number of hydrogen-bond donors (Lipinski definition) is 0. The van der Waals surface area contributed by atoms with E-state index in [2.05, 4.69) is 9.73 Å². The molecule has 41 heavy (non-hydrogen) atoms. The highest BCUT2D eigenvalue weighted by Crippen LogP contribution is 2.32. The van der Waals surface area contributed by atoms with E-state index in [1.165, 1.54) is 30.1 Å². The molecule has 0 amide bonds. The van der Waals surface area contributed by atoms with Gasteiger partial charge in [-0.25, -0.2) is 14.6 Å². The lowest BCUT2D eigenvalue weighted by Gasteiger charge is -2.24. The highest BCUT2D eigenvalue weighted by atomic mass is 35.5. The summed E-state index contributed by atoms with van der Waals surface area (Å²) in [4.78, 5) is 43.6. The molecule has 0 fully saturated rings. The standard InChI is InChI=1S/C29H29ClN2O8S/c1-5-38-22-14-18(6-11-21(22)40-16-24(33)37-4)15-23-27(34)32-26(19-7-9-20(30)10-8-19)25(17(2)31-29(32)41-23)28(35)39-13-12-36-3/h6-11,14-15,26H,5,12-13,16H2,1-4H3. The number of allylic oxidation sites excluding steroid dienone is 1. The molecule has 0 aliphatic carbocycles. The highest BCUT2D eigenvalue weighted by Gasteiger charge is 2.33. The van der Waals surface area contributed by atoms with Gasteiger partial charge in [-0.3, -0.25) is 9.36 Å². The van der Waals surface area contributed by atoms with Crippen molar-refractivity contribution in [3.63, 3.8) is 0 Å². The molecule has 0 N–H and O–H groups in total. The molecule has 1 atom stereocenters. The molecule has 10 nitrogen and oxygen atoms in total. The molecule has 3 aromatic rings. The van der Waals surface area contributed by atoms with Crippen molar-refractivity contribution in [1.82, 2.24) is 4.57 Å². The van der Waals surface area contributed by atoms with Crippen LogP contribution in [0, 0.1) is 0 Å². The summed E-state index contributed by atoms with van der Waals surface area (Å²) < 4.78 is 28.2. The molecule has 0 radical (unpaired) electrons. The molecule has 4 rings (SSSR count). The molecule has 0 spiro atoms. The van der Waals surface area contributed by atoms with E-state index in [-0.39, 0.29) is 31.0 Å². The minimum Gasteiger partial charge on any atom is -0.490 e. The van der Waals surface area contributed by atoms with Crippen LogP contribution in [0.15, 0.2) is 63.5 Å². The second-order valence-electron chi connectivity index (χ2n) is 8.77. The van der Waals surface area contributed by atoms with Gasteiger partial charge in [-0.15, -0.1) is 0 Å². The quantitative estimate of drug-likeness (QED) is 0.244. The summed E-state index contributed by atoms with van der Waals surface area (Å²) in [7, 11) is 2.79. The summed E-state index contributed by atoms with van der Waals surface area (Å²) >= 11 is 7.33. The van der Waals surface area contributed by atoms with Crippen molar-refractivity contribution in [2.75, 3.05) is 40.6 Å². The molecule has 0 bridgehead atoms. The number of carbonyl (C=O) groups is 2. The Bertz CT molecular complexity index is 1640. The van der Waals surface area contributed by atoms with Gasteiger partial charge in [0, 0.05) is 12.1 Å². The van der Waals surface area contributed by atoms with Crippen LogP contribution in [-0.4, -0.2) is 57.2 Å². The number of thiazole rings is 1. The predicted molar refractivity (Wildman–Crippen MR) is 153 cm³/mol. The van der Waals surface area contributed by atoms with Crippen molar-refractivity contribution >= 4 is 41.0 Å². The summed E-state index contributed by atoms with van der Waals surface area (Å²) in [6.07, 6.45) is 1.71. The van der Waals surface area contributed by atoms with Crippen molar-refractivity contribution in [3.05, 3.63) is 89.6 Å². The zero-order chi connectivity index (χ0) is 29.5. The van der Waals surface area contributed by atoms with Gasteiger partial charge in [-0.05, 0) is 55.3 Å². The first kappa shape index (κ1) is 30.0. The van der Waals surface area contributed by atoms with Crippen LogP contribution < -0.4 is 24.4 Å². The van der Waals surface area contributed by atoms with Crippen molar-refractivity contribution in [3.8, 4) is 11.5 Å². The molecule has 12 heteroatoms. The maximum atomic E-state index is 13.8. The monoisotopic (exact) mass is 600 g/mol. The van der Waals surface area contributed by atoms with Crippen LogP contribution in [0.3, 0.4) is 0 Å². The molecule has 1 aliphatic heterocycles. The molecular formula is C29H29ClN2O8S. The second-order valence-corrected chi connectivity index (χ2v) is 10.2. The van der Waals surface area contributed by atoms with Crippen molar-refractivity contribution in [1.29, 1.82) is 0 Å². The topological polar surface area (TPSA) is 115 Å². The second kappa shape index (κ2) is 13.6. The van der Waals surface area contributed by atoms with Crippen LogP contribution in [0.4, 0.5) is 0 Å². The van der Waals surface area contributed by atoms with E-state index < -0.39 is 18.0 Å². The van der Waals surface area contributed by atoms with E-state index >= 15 is 0 Å². The van der Waals surface area contributed by atoms with Crippen LogP contribution in [0.1, 0.15) is 31.0 Å². The van der Waals surface area contributed by atoms with Crippen LogP contribution >= 0.6 is 22.9 Å². The van der Waals surface area contributed by atoms with Gasteiger partial charge in [0.15, 0.2) is 22.9 Å². The summed E-state index contributed by atoms with van der Waals surface area (Å²) in [5.74, 6) is -0.327. The number of aromatic nitrogens is 1. The summed E-state index contributed by atoms with van der Waals surface area (Å²) in [5, 5.41) is 0.523. The van der Waals surface area contributed by atoms with E-state index in [1.807, 2.05) is 6.92 Å². The fourth-order valence-electron chi connectivity index (χ4n) is 4.19. The summed E-state index contributed by atoms with van der Waals surface area (Å²) in [6, 6.07) is 11.3. The van der Waals surface area contributed by atoms with Crippen molar-refractivity contribution in [2.24, 2.45) is 4.99 Å². The summed E-state index contributed by atoms with van der Waals surface area (Å²) in [6.45, 7) is 3.93. The van der Waals surface area contributed by atoms with E-state index in [4.69, 9.17) is 30.5 Å². The number of methoxy groups -OCH3 is 2. The Morgan fingerprint density at radius 3 is 2.51 bits per heavy atom. The number of ether oxygens (including phenoxy) is 5. The number of benzene rings is 2. The van der Waals surface area contributed by atoms with Crippen LogP contribution in [-0.2, 0) is 23.8 Å². The molecule has 2 heterocycles. The SMILES string of the molecule is CCOc1cc(C=c2sc3n(c2=O)C(c2ccc(Cl)cc2)C(C(=O)OCCOC)=C(C)N=3)ccc1OCC(=O)OC. The lowest BCUT2D eigenvalue weighted by molar-refractivity contribution is -0.143. The Morgan fingerprint density at radius 1 is 1.07 bits per heavy atom. The first-order valence-electron chi connectivity index (χ1n) is 12.7. The number of esters is 2. The van der Waals surface area contributed by atoms with E-state index in [0.29, 0.717) is 49.3 Å². The first-order chi connectivity index (χ1) is 19.8. The zero-order valence-corrected chi connectivity index (χ0v) is 24.5. The summed E-state index contributed by atoms with van der Waals surface area (Å²) in [5.41, 5.74) is 1.73. The Morgan fingerprint density at radius 2 is 1.83 bits per heavy atom. The lowest BCUT2D eigenvalue weighted by atomic mass is 9.96. The third-order valence-corrected chi connectivity index (χ3v) is 7.32. The molecule has 1 aliphatic rings. The lowest BCUT2D eigenvalue weighted by Crippen LogP contribution is -2.40. The number of halogens is 1. The average Bonchev–Trinajstić information content (AvgIpc) is 3.26. The number of nitrogens with zero attached hydrogens (tertiary/aromatic N) is 2. The van der Waals surface area contributed by atoms with Crippen LogP contribution in [0.25, 0.3) is 6.08 Å². The molecule has 2 aromatic carbocycles. The Labute approximate surface area is 245 Å². The predicted octanol–water partition coefficient (Wildman–Crippen LogP) is 3.03. The minimum atomic E-state index is -0.770. The largest absolute Gasteiger partial charge is 0.490 e. The van der Waals surface area contributed by atoms with E-state index in [1.54, 1.807) is 55.5 Å². The fraction of sp³-hybridized carbons (Fsp3) is 0.310.